The number of alkyl halides is 1. The maximum absolute atomic E-state index is 16.4. The van der Waals surface area contributed by atoms with E-state index in [1.807, 2.05) is 6.08 Å². The Labute approximate surface area is 177 Å². The van der Waals surface area contributed by atoms with Crippen molar-refractivity contribution in [3.05, 3.63) is 11.6 Å². The molecule has 4 heteroatoms. The van der Waals surface area contributed by atoms with Crippen LogP contribution in [0.4, 0.5) is 4.39 Å². The Balaban J connectivity index is 1.29. The minimum Gasteiger partial charge on any atom is -0.458 e. The molecule has 8 aliphatic rings. The van der Waals surface area contributed by atoms with E-state index in [4.69, 9.17) is 4.74 Å². The summed E-state index contributed by atoms with van der Waals surface area (Å²) in [5.74, 6) is 2.78. The molecule has 6 saturated carbocycles. The summed E-state index contributed by atoms with van der Waals surface area (Å²) in [4.78, 5) is 24.9. The van der Waals surface area contributed by atoms with Crippen LogP contribution in [0.15, 0.2) is 11.6 Å². The topological polar surface area (TPSA) is 43.4 Å². The van der Waals surface area contributed by atoms with Crippen molar-refractivity contribution in [2.24, 2.45) is 57.7 Å². The minimum absolute atomic E-state index is 0.0460. The summed E-state index contributed by atoms with van der Waals surface area (Å²) in [5, 5.41) is 0. The highest BCUT2D eigenvalue weighted by molar-refractivity contribution is 5.96. The first kappa shape index (κ1) is 17.4. The zero-order chi connectivity index (χ0) is 20.4. The molecule has 0 bridgehead atoms. The van der Waals surface area contributed by atoms with Gasteiger partial charge in [0.15, 0.2) is 5.78 Å². The summed E-state index contributed by atoms with van der Waals surface area (Å²) in [6.45, 7) is 4.62. The van der Waals surface area contributed by atoms with Gasteiger partial charge in [-0.2, -0.15) is 0 Å². The van der Waals surface area contributed by atoms with Crippen LogP contribution in [0.25, 0.3) is 0 Å². The number of hydrogen-bond acceptors (Lipinski definition) is 3. The molecule has 2 spiro atoms. The first-order chi connectivity index (χ1) is 14.3. The molecule has 160 valence electrons. The van der Waals surface area contributed by atoms with E-state index in [0.29, 0.717) is 48.2 Å². The molecule has 30 heavy (non-hydrogen) atoms. The summed E-state index contributed by atoms with van der Waals surface area (Å²) < 4.78 is 22.5. The smallest absolute Gasteiger partial charge is 0.306 e. The molecule has 0 N–H and O–H groups in total. The van der Waals surface area contributed by atoms with Crippen LogP contribution < -0.4 is 0 Å². The summed E-state index contributed by atoms with van der Waals surface area (Å²) in [6, 6.07) is 0. The lowest BCUT2D eigenvalue weighted by Crippen LogP contribution is -2.62. The van der Waals surface area contributed by atoms with Crippen molar-refractivity contribution in [1.29, 1.82) is 0 Å². The third-order valence-electron chi connectivity index (χ3n) is 12.1. The van der Waals surface area contributed by atoms with E-state index in [1.54, 1.807) is 0 Å². The number of rotatable bonds is 0. The Kier molecular flexibility index (Phi) is 2.67. The van der Waals surface area contributed by atoms with Crippen molar-refractivity contribution in [3.8, 4) is 0 Å². The van der Waals surface area contributed by atoms with Crippen molar-refractivity contribution < 1.29 is 18.7 Å². The Morgan fingerprint density at radius 3 is 2.50 bits per heavy atom. The highest BCUT2D eigenvalue weighted by Gasteiger charge is 2.82. The number of carbonyl (C=O) groups excluding carboxylic acids is 2. The number of allylic oxidation sites excluding steroid dienone is 1. The molecule has 1 aliphatic heterocycles. The Hall–Kier alpha value is -1.19. The third kappa shape index (κ3) is 1.60. The van der Waals surface area contributed by atoms with Crippen molar-refractivity contribution in [2.75, 3.05) is 0 Å². The third-order valence-corrected chi connectivity index (χ3v) is 12.1. The molecule has 0 amide bonds. The molecule has 1 saturated heterocycles. The molecule has 7 fully saturated rings. The average molecular weight is 411 g/mol. The first-order valence-corrected chi connectivity index (χ1v) is 12.4. The van der Waals surface area contributed by atoms with Gasteiger partial charge >= 0.3 is 5.97 Å². The van der Waals surface area contributed by atoms with Gasteiger partial charge in [0.25, 0.3) is 0 Å². The van der Waals surface area contributed by atoms with Crippen LogP contribution in [0, 0.1) is 57.7 Å². The summed E-state index contributed by atoms with van der Waals surface area (Å²) in [5.41, 5.74) is 0.773. The van der Waals surface area contributed by atoms with Gasteiger partial charge in [-0.25, -0.2) is 4.39 Å². The van der Waals surface area contributed by atoms with Crippen LogP contribution >= 0.6 is 0 Å². The summed E-state index contributed by atoms with van der Waals surface area (Å²) >= 11 is 0. The molecule has 0 aromatic carbocycles. The molecule has 0 aromatic heterocycles. The van der Waals surface area contributed by atoms with Crippen LogP contribution in [0.5, 0.6) is 0 Å². The van der Waals surface area contributed by atoms with Gasteiger partial charge in [0.2, 0.25) is 0 Å². The first-order valence-electron chi connectivity index (χ1n) is 12.4. The van der Waals surface area contributed by atoms with Gasteiger partial charge in [-0.3, -0.25) is 9.59 Å². The highest BCUT2D eigenvalue weighted by atomic mass is 19.1. The van der Waals surface area contributed by atoms with Crippen molar-refractivity contribution in [3.63, 3.8) is 0 Å². The number of esters is 1. The highest BCUT2D eigenvalue weighted by Crippen LogP contribution is 2.83. The van der Waals surface area contributed by atoms with Crippen LogP contribution in [-0.2, 0) is 14.3 Å². The molecule has 3 nitrogen and oxygen atoms in total. The second-order valence-corrected chi connectivity index (χ2v) is 12.9. The van der Waals surface area contributed by atoms with E-state index >= 15 is 4.39 Å². The van der Waals surface area contributed by atoms with Gasteiger partial charge in [0.05, 0.1) is 0 Å². The lowest BCUT2D eigenvalue weighted by Gasteiger charge is -2.63. The fourth-order valence-electron chi connectivity index (χ4n) is 10.9. The normalized spacial score (nSPS) is 62.7. The molecule has 1 heterocycles. The Morgan fingerprint density at radius 2 is 1.80 bits per heavy atom. The van der Waals surface area contributed by atoms with Crippen molar-refractivity contribution in [1.82, 2.24) is 0 Å². The second kappa shape index (κ2) is 4.62. The van der Waals surface area contributed by atoms with Gasteiger partial charge in [-0.05, 0) is 85.5 Å². The minimum atomic E-state index is -0.858. The predicted octanol–water partition coefficient (Wildman–Crippen LogP) is 4.64. The van der Waals surface area contributed by atoms with E-state index in [0.717, 1.165) is 19.3 Å². The van der Waals surface area contributed by atoms with Gasteiger partial charge in [-0.15, -0.1) is 0 Å². The lowest BCUT2D eigenvalue weighted by molar-refractivity contribution is -0.191. The van der Waals surface area contributed by atoms with Gasteiger partial charge in [0, 0.05) is 29.6 Å². The van der Waals surface area contributed by atoms with Crippen LogP contribution in [0.2, 0.25) is 0 Å². The largest absolute Gasteiger partial charge is 0.458 e. The van der Waals surface area contributed by atoms with Crippen LogP contribution in [-0.4, -0.2) is 23.5 Å². The molecule has 0 radical (unpaired) electrons. The number of ketones is 1. The summed E-state index contributed by atoms with van der Waals surface area (Å²) in [6.07, 6.45) is 8.55. The number of halogens is 1. The zero-order valence-corrected chi connectivity index (χ0v) is 18.0. The van der Waals surface area contributed by atoms with Crippen molar-refractivity contribution >= 4 is 11.8 Å². The van der Waals surface area contributed by atoms with Crippen LogP contribution in [0.3, 0.4) is 0 Å². The van der Waals surface area contributed by atoms with E-state index < -0.39 is 11.8 Å². The quantitative estimate of drug-likeness (QED) is 0.546. The fraction of sp³-hybridized carbons (Fsp3) is 0.846. The maximum Gasteiger partial charge on any atom is 0.306 e. The fourth-order valence-corrected chi connectivity index (χ4v) is 10.9. The van der Waals surface area contributed by atoms with E-state index in [9.17, 15) is 9.59 Å². The molecule has 8 rings (SSSR count). The monoisotopic (exact) mass is 410 g/mol. The van der Waals surface area contributed by atoms with E-state index in [-0.39, 0.29) is 34.1 Å². The SMILES string of the molecule is C[C@@]12C(=CC(=O)[C@@H]3CC31)C1(CC1)CC1C2[C@@H](F)C[C@@]2(C)C1C1CC1[C@@]21CCC(=O)O1. The average Bonchev–Trinajstić information content (AvgIpc) is 3.56. The molecule has 6 unspecified atom stereocenters. The van der Waals surface area contributed by atoms with Gasteiger partial charge < -0.3 is 4.74 Å². The van der Waals surface area contributed by atoms with Crippen LogP contribution in [0.1, 0.15) is 65.2 Å². The zero-order valence-electron chi connectivity index (χ0n) is 18.0. The summed E-state index contributed by atoms with van der Waals surface area (Å²) in [7, 11) is 0. The standard InChI is InChI=1S/C26H31FO3/c1-23-11-17(27)22-14(21(23)13-8-16(13)26(23)4-3-20(29)30-26)10-25(5-6-25)19-9-18(28)12-7-15(12)24(19,22)2/h9,12-17,21-22H,3-8,10-11H2,1-2H3/t12-,13?,14?,15?,16?,17+,21?,22?,23+,24+,26+/m1/s1. The molecule has 7 aliphatic carbocycles. The molecule has 11 atom stereocenters. The molecule has 0 aromatic rings. The molecular formula is C26H31FO3. The maximum atomic E-state index is 16.4. The van der Waals surface area contributed by atoms with E-state index in [1.165, 1.54) is 24.8 Å². The number of fused-ring (bicyclic) bond motifs is 12. The van der Waals surface area contributed by atoms with Gasteiger partial charge in [-0.1, -0.05) is 19.4 Å². The number of carbonyl (C=O) groups is 2. The van der Waals surface area contributed by atoms with E-state index in [2.05, 4.69) is 13.8 Å². The van der Waals surface area contributed by atoms with Crippen molar-refractivity contribution in [2.45, 2.75) is 77.0 Å². The predicted molar refractivity (Wildman–Crippen MR) is 107 cm³/mol. The number of hydrogen-bond donors (Lipinski definition) is 0. The lowest BCUT2D eigenvalue weighted by atomic mass is 9.42. The number of ether oxygens (including phenoxy) is 1. The Morgan fingerprint density at radius 1 is 1.00 bits per heavy atom. The second-order valence-electron chi connectivity index (χ2n) is 12.9. The Bertz CT molecular complexity index is 965. The molecular weight excluding hydrogens is 379 g/mol. The van der Waals surface area contributed by atoms with Gasteiger partial charge in [0.1, 0.15) is 11.8 Å².